The summed E-state index contributed by atoms with van der Waals surface area (Å²) in [6.07, 6.45) is 3.41. The van der Waals surface area contributed by atoms with E-state index in [4.69, 9.17) is 4.52 Å². The van der Waals surface area contributed by atoms with E-state index in [2.05, 4.69) is 29.3 Å². The Kier molecular flexibility index (Phi) is 3.46. The van der Waals surface area contributed by atoms with Crippen LogP contribution in [0.5, 0.6) is 0 Å². The minimum absolute atomic E-state index is 0. The summed E-state index contributed by atoms with van der Waals surface area (Å²) in [6, 6.07) is 0. The number of aromatic nitrogens is 2. The van der Waals surface area contributed by atoms with E-state index in [0.717, 1.165) is 43.6 Å². The van der Waals surface area contributed by atoms with Gasteiger partial charge in [-0.05, 0) is 38.3 Å². The van der Waals surface area contributed by atoms with Crippen molar-refractivity contribution in [1.82, 2.24) is 15.5 Å². The molecule has 17 heavy (non-hydrogen) atoms. The lowest BCUT2D eigenvalue weighted by Gasteiger charge is -2.30. The smallest absolute Gasteiger partial charge is 0.230 e. The molecule has 1 saturated heterocycles. The van der Waals surface area contributed by atoms with E-state index in [1.807, 2.05) is 0 Å². The summed E-state index contributed by atoms with van der Waals surface area (Å²) in [7, 11) is 0. The second-order valence-electron chi connectivity index (χ2n) is 5.59. The third kappa shape index (κ3) is 2.33. The maximum Gasteiger partial charge on any atom is 0.230 e. The Labute approximate surface area is 108 Å². The molecule has 1 aliphatic heterocycles. The molecule has 1 saturated carbocycles. The van der Waals surface area contributed by atoms with Crippen LogP contribution in [0.25, 0.3) is 0 Å². The summed E-state index contributed by atoms with van der Waals surface area (Å²) in [6.45, 7) is 6.60. The molecule has 3 rings (SSSR count). The monoisotopic (exact) mass is 257 g/mol. The molecule has 96 valence electrons. The summed E-state index contributed by atoms with van der Waals surface area (Å²) in [5.74, 6) is 3.05. The number of nitrogens with zero attached hydrogens (tertiary/aromatic N) is 2. The van der Waals surface area contributed by atoms with Crippen molar-refractivity contribution in [3.63, 3.8) is 0 Å². The molecule has 0 spiro atoms. The number of piperidine rings is 1. The predicted octanol–water partition coefficient (Wildman–Crippen LogP) is 2.26. The summed E-state index contributed by atoms with van der Waals surface area (Å²) < 4.78 is 5.40. The van der Waals surface area contributed by atoms with Gasteiger partial charge in [-0.3, -0.25) is 0 Å². The van der Waals surface area contributed by atoms with Gasteiger partial charge in [-0.15, -0.1) is 12.4 Å². The molecule has 2 aliphatic rings. The van der Waals surface area contributed by atoms with Crippen LogP contribution in [-0.2, 0) is 5.41 Å². The van der Waals surface area contributed by atoms with Gasteiger partial charge in [-0.25, -0.2) is 0 Å². The zero-order chi connectivity index (χ0) is 11.2. The van der Waals surface area contributed by atoms with Gasteiger partial charge in [0.05, 0.1) is 0 Å². The highest BCUT2D eigenvalue weighted by atomic mass is 35.5. The Morgan fingerprint density at radius 1 is 1.35 bits per heavy atom. The van der Waals surface area contributed by atoms with Crippen LogP contribution in [-0.4, -0.2) is 23.2 Å². The fourth-order valence-electron chi connectivity index (χ4n) is 2.50. The standard InChI is InChI=1S/C12H19N3O.ClH/c1-8-7-9(8)10-14-11(15-16-10)12(2)3-5-13-6-4-12;/h8-9,13H,3-7H2,1-2H3;1H/t8-,9+;/m1./s1. The first kappa shape index (κ1) is 12.8. The van der Waals surface area contributed by atoms with Crippen LogP contribution < -0.4 is 5.32 Å². The van der Waals surface area contributed by atoms with Gasteiger partial charge in [0, 0.05) is 11.3 Å². The molecule has 0 aromatic carbocycles. The number of hydrogen-bond acceptors (Lipinski definition) is 4. The van der Waals surface area contributed by atoms with Crippen LogP contribution in [0.3, 0.4) is 0 Å². The number of halogens is 1. The van der Waals surface area contributed by atoms with E-state index in [-0.39, 0.29) is 17.8 Å². The minimum Gasteiger partial charge on any atom is -0.339 e. The van der Waals surface area contributed by atoms with Crippen LogP contribution in [0.4, 0.5) is 0 Å². The molecule has 1 aromatic heterocycles. The average molecular weight is 258 g/mol. The lowest BCUT2D eigenvalue weighted by Crippen LogP contribution is -2.38. The highest BCUT2D eigenvalue weighted by molar-refractivity contribution is 5.85. The van der Waals surface area contributed by atoms with Gasteiger partial charge in [0.15, 0.2) is 5.82 Å². The Bertz CT molecular complexity index is 387. The van der Waals surface area contributed by atoms with Crippen molar-refractivity contribution in [3.05, 3.63) is 11.7 Å². The van der Waals surface area contributed by atoms with Crippen LogP contribution in [0.1, 0.15) is 50.7 Å². The van der Waals surface area contributed by atoms with Crippen LogP contribution in [0, 0.1) is 5.92 Å². The molecular formula is C12H20ClN3O. The van der Waals surface area contributed by atoms with Crippen molar-refractivity contribution in [2.24, 2.45) is 5.92 Å². The highest BCUT2D eigenvalue weighted by Gasteiger charge is 2.41. The maximum atomic E-state index is 5.40. The normalized spacial score (nSPS) is 30.7. The summed E-state index contributed by atoms with van der Waals surface area (Å²) >= 11 is 0. The first-order valence-corrected chi connectivity index (χ1v) is 6.24. The quantitative estimate of drug-likeness (QED) is 0.883. The highest BCUT2D eigenvalue weighted by Crippen LogP contribution is 2.46. The lowest BCUT2D eigenvalue weighted by atomic mass is 9.80. The van der Waals surface area contributed by atoms with E-state index < -0.39 is 0 Å². The summed E-state index contributed by atoms with van der Waals surface area (Å²) in [4.78, 5) is 4.61. The molecule has 4 nitrogen and oxygen atoms in total. The molecule has 1 aromatic rings. The lowest BCUT2D eigenvalue weighted by molar-refractivity contribution is 0.299. The third-order valence-corrected chi connectivity index (χ3v) is 4.12. The van der Waals surface area contributed by atoms with Gasteiger partial charge in [0.2, 0.25) is 5.89 Å². The number of hydrogen-bond donors (Lipinski definition) is 1. The molecule has 2 fully saturated rings. The molecule has 0 radical (unpaired) electrons. The van der Waals surface area contributed by atoms with Crippen LogP contribution >= 0.6 is 12.4 Å². The second kappa shape index (κ2) is 4.58. The van der Waals surface area contributed by atoms with Gasteiger partial charge in [0.1, 0.15) is 0 Å². The number of nitrogens with one attached hydrogen (secondary N) is 1. The van der Waals surface area contributed by atoms with Gasteiger partial charge < -0.3 is 9.84 Å². The SMILES string of the molecule is C[C@@H]1C[C@@H]1c1nc(C2(C)CCNCC2)no1.Cl. The molecular weight excluding hydrogens is 238 g/mol. The number of rotatable bonds is 2. The summed E-state index contributed by atoms with van der Waals surface area (Å²) in [5, 5.41) is 7.57. The van der Waals surface area contributed by atoms with E-state index in [1.165, 1.54) is 6.42 Å². The minimum atomic E-state index is 0. The largest absolute Gasteiger partial charge is 0.339 e. The molecule has 5 heteroatoms. The van der Waals surface area contributed by atoms with Crippen molar-refractivity contribution in [2.45, 2.75) is 44.4 Å². The molecule has 0 unspecified atom stereocenters. The van der Waals surface area contributed by atoms with Crippen molar-refractivity contribution in [3.8, 4) is 0 Å². The van der Waals surface area contributed by atoms with Crippen LogP contribution in [0.15, 0.2) is 4.52 Å². The van der Waals surface area contributed by atoms with E-state index >= 15 is 0 Å². The Balaban J connectivity index is 0.00000108. The average Bonchev–Trinajstić information content (AvgIpc) is 2.82. The fraction of sp³-hybridized carbons (Fsp3) is 0.833. The summed E-state index contributed by atoms with van der Waals surface area (Å²) in [5.41, 5.74) is 0.116. The molecule has 0 bridgehead atoms. The zero-order valence-corrected chi connectivity index (χ0v) is 11.2. The first-order chi connectivity index (χ1) is 7.69. The van der Waals surface area contributed by atoms with Crippen molar-refractivity contribution in [1.29, 1.82) is 0 Å². The molecule has 1 N–H and O–H groups in total. The Hall–Kier alpha value is -0.610. The fourth-order valence-corrected chi connectivity index (χ4v) is 2.50. The van der Waals surface area contributed by atoms with Crippen molar-refractivity contribution in [2.75, 3.05) is 13.1 Å². The van der Waals surface area contributed by atoms with Crippen molar-refractivity contribution >= 4 is 12.4 Å². The van der Waals surface area contributed by atoms with E-state index in [0.29, 0.717) is 5.92 Å². The van der Waals surface area contributed by atoms with Gasteiger partial charge in [0.25, 0.3) is 0 Å². The molecule has 0 amide bonds. The predicted molar refractivity (Wildman–Crippen MR) is 67.5 cm³/mol. The van der Waals surface area contributed by atoms with Crippen molar-refractivity contribution < 1.29 is 4.52 Å². The molecule has 2 atom stereocenters. The third-order valence-electron chi connectivity index (χ3n) is 4.12. The molecule has 1 aliphatic carbocycles. The van der Waals surface area contributed by atoms with Gasteiger partial charge in [-0.2, -0.15) is 4.98 Å². The second-order valence-corrected chi connectivity index (χ2v) is 5.59. The first-order valence-electron chi connectivity index (χ1n) is 6.24. The van der Waals surface area contributed by atoms with Crippen LogP contribution in [0.2, 0.25) is 0 Å². The van der Waals surface area contributed by atoms with Gasteiger partial charge in [-0.1, -0.05) is 19.0 Å². The Morgan fingerprint density at radius 2 is 2.00 bits per heavy atom. The Morgan fingerprint density at radius 3 is 2.59 bits per heavy atom. The zero-order valence-electron chi connectivity index (χ0n) is 10.4. The maximum absolute atomic E-state index is 5.40. The molecule has 2 heterocycles. The van der Waals surface area contributed by atoms with Gasteiger partial charge >= 0.3 is 0 Å². The van der Waals surface area contributed by atoms with E-state index in [1.54, 1.807) is 0 Å². The van der Waals surface area contributed by atoms with E-state index in [9.17, 15) is 0 Å². The topological polar surface area (TPSA) is 51.0 Å².